The highest BCUT2D eigenvalue weighted by Crippen LogP contribution is 2.11. The third kappa shape index (κ3) is 2.45. The summed E-state index contributed by atoms with van der Waals surface area (Å²) in [6, 6.07) is 2.48. The van der Waals surface area contributed by atoms with Crippen LogP contribution < -0.4 is 5.32 Å². The fraction of sp³-hybridized carbons (Fsp3) is 0.545. The summed E-state index contributed by atoms with van der Waals surface area (Å²) in [5.41, 5.74) is 0.945. The van der Waals surface area contributed by atoms with Gasteiger partial charge >= 0.3 is 0 Å². The SMILES string of the molecule is Cc1cc(CNC2C=CCCC2)on1. The molecule has 0 bridgehead atoms. The van der Waals surface area contributed by atoms with Crippen LogP contribution in [0.4, 0.5) is 0 Å². The van der Waals surface area contributed by atoms with Crippen LogP contribution in [0.3, 0.4) is 0 Å². The largest absolute Gasteiger partial charge is 0.360 e. The molecule has 1 heterocycles. The Balaban J connectivity index is 1.82. The van der Waals surface area contributed by atoms with Crippen molar-refractivity contribution in [3.05, 3.63) is 29.7 Å². The van der Waals surface area contributed by atoms with Crippen LogP contribution in [-0.2, 0) is 6.54 Å². The molecule has 2 rings (SSSR count). The molecule has 0 spiro atoms. The lowest BCUT2D eigenvalue weighted by Gasteiger charge is -2.16. The highest BCUT2D eigenvalue weighted by atomic mass is 16.5. The van der Waals surface area contributed by atoms with E-state index < -0.39 is 0 Å². The van der Waals surface area contributed by atoms with Gasteiger partial charge in [-0.15, -0.1) is 0 Å². The molecular formula is C11H16N2O. The molecule has 1 atom stereocenters. The molecule has 0 saturated heterocycles. The van der Waals surface area contributed by atoms with Gasteiger partial charge in [0.2, 0.25) is 0 Å². The van der Waals surface area contributed by atoms with Gasteiger partial charge in [-0.2, -0.15) is 0 Å². The van der Waals surface area contributed by atoms with Gasteiger partial charge in [-0.05, 0) is 26.2 Å². The van der Waals surface area contributed by atoms with Gasteiger partial charge in [0.15, 0.2) is 5.76 Å². The summed E-state index contributed by atoms with van der Waals surface area (Å²) >= 11 is 0. The van der Waals surface area contributed by atoms with Gasteiger partial charge in [0.25, 0.3) is 0 Å². The fourth-order valence-electron chi connectivity index (χ4n) is 1.71. The predicted octanol–water partition coefficient (Wildman–Crippen LogP) is 2.18. The van der Waals surface area contributed by atoms with E-state index in [0.29, 0.717) is 6.04 Å². The van der Waals surface area contributed by atoms with Crippen molar-refractivity contribution in [2.45, 2.75) is 38.8 Å². The first-order valence-electron chi connectivity index (χ1n) is 5.17. The molecule has 0 fully saturated rings. The quantitative estimate of drug-likeness (QED) is 0.746. The fourth-order valence-corrected chi connectivity index (χ4v) is 1.71. The molecule has 1 aliphatic carbocycles. The molecule has 0 radical (unpaired) electrons. The van der Waals surface area contributed by atoms with E-state index in [-0.39, 0.29) is 0 Å². The molecule has 1 aromatic heterocycles. The minimum atomic E-state index is 0.508. The van der Waals surface area contributed by atoms with Crippen molar-refractivity contribution >= 4 is 0 Å². The van der Waals surface area contributed by atoms with Crippen molar-refractivity contribution in [1.29, 1.82) is 0 Å². The summed E-state index contributed by atoms with van der Waals surface area (Å²) in [5.74, 6) is 0.918. The Hall–Kier alpha value is -1.09. The molecule has 1 aliphatic rings. The van der Waals surface area contributed by atoms with Gasteiger partial charge in [0.1, 0.15) is 0 Å². The second kappa shape index (κ2) is 4.42. The lowest BCUT2D eigenvalue weighted by Crippen LogP contribution is -2.27. The second-order valence-electron chi connectivity index (χ2n) is 3.78. The molecule has 0 aliphatic heterocycles. The molecule has 14 heavy (non-hydrogen) atoms. The average Bonchev–Trinajstić information content (AvgIpc) is 2.63. The van der Waals surface area contributed by atoms with Gasteiger partial charge in [-0.1, -0.05) is 17.3 Å². The maximum atomic E-state index is 5.12. The zero-order valence-electron chi connectivity index (χ0n) is 8.49. The van der Waals surface area contributed by atoms with Crippen LogP contribution in [-0.4, -0.2) is 11.2 Å². The maximum Gasteiger partial charge on any atom is 0.150 e. The molecule has 1 aromatic rings. The topological polar surface area (TPSA) is 38.1 Å². The Kier molecular flexibility index (Phi) is 2.99. The summed E-state index contributed by atoms with van der Waals surface area (Å²) in [5, 5.41) is 7.28. The minimum absolute atomic E-state index is 0.508. The first kappa shape index (κ1) is 9.46. The maximum absolute atomic E-state index is 5.12. The highest BCUT2D eigenvalue weighted by molar-refractivity contribution is 5.04. The second-order valence-corrected chi connectivity index (χ2v) is 3.78. The van der Waals surface area contributed by atoms with Gasteiger partial charge in [-0.25, -0.2) is 0 Å². The summed E-state index contributed by atoms with van der Waals surface area (Å²) in [6.07, 6.45) is 8.21. The van der Waals surface area contributed by atoms with Crippen LogP contribution in [0.15, 0.2) is 22.7 Å². The Morgan fingerprint density at radius 3 is 3.21 bits per heavy atom. The van der Waals surface area contributed by atoms with E-state index >= 15 is 0 Å². The first-order chi connectivity index (χ1) is 6.84. The zero-order valence-corrected chi connectivity index (χ0v) is 8.49. The zero-order chi connectivity index (χ0) is 9.80. The molecule has 3 heteroatoms. The monoisotopic (exact) mass is 192 g/mol. The lowest BCUT2D eigenvalue weighted by atomic mass is 10.0. The Labute approximate surface area is 84.2 Å². The first-order valence-corrected chi connectivity index (χ1v) is 5.17. The van der Waals surface area contributed by atoms with Crippen molar-refractivity contribution in [1.82, 2.24) is 10.5 Å². The lowest BCUT2D eigenvalue weighted by molar-refractivity contribution is 0.362. The van der Waals surface area contributed by atoms with Crippen molar-refractivity contribution in [3.8, 4) is 0 Å². The number of allylic oxidation sites excluding steroid dienone is 1. The van der Waals surface area contributed by atoms with Gasteiger partial charge in [0.05, 0.1) is 12.2 Å². The molecule has 0 saturated carbocycles. The summed E-state index contributed by atoms with van der Waals surface area (Å²) in [4.78, 5) is 0. The van der Waals surface area contributed by atoms with Crippen molar-refractivity contribution in [3.63, 3.8) is 0 Å². The molecule has 76 valence electrons. The van der Waals surface area contributed by atoms with Crippen LogP contribution in [0.25, 0.3) is 0 Å². The van der Waals surface area contributed by atoms with Gasteiger partial charge in [0, 0.05) is 12.1 Å². The number of nitrogens with one attached hydrogen (secondary N) is 1. The highest BCUT2D eigenvalue weighted by Gasteiger charge is 2.08. The van der Waals surface area contributed by atoms with Crippen LogP contribution >= 0.6 is 0 Å². The van der Waals surface area contributed by atoms with Crippen LogP contribution in [0.1, 0.15) is 30.7 Å². The normalized spacial score (nSPS) is 21.4. The van der Waals surface area contributed by atoms with E-state index in [1.54, 1.807) is 0 Å². The average molecular weight is 192 g/mol. The van der Waals surface area contributed by atoms with E-state index in [1.807, 2.05) is 13.0 Å². The summed E-state index contributed by atoms with van der Waals surface area (Å²) in [6.45, 7) is 2.71. The molecule has 1 unspecified atom stereocenters. The van der Waals surface area contributed by atoms with E-state index in [2.05, 4.69) is 22.6 Å². The number of hydrogen-bond donors (Lipinski definition) is 1. The molecule has 3 nitrogen and oxygen atoms in total. The molecule has 0 aromatic carbocycles. The molecule has 0 amide bonds. The summed E-state index contributed by atoms with van der Waals surface area (Å²) in [7, 11) is 0. The number of nitrogens with zero attached hydrogens (tertiary/aromatic N) is 1. The number of hydrogen-bond acceptors (Lipinski definition) is 3. The van der Waals surface area contributed by atoms with Crippen LogP contribution in [0, 0.1) is 6.92 Å². The third-order valence-corrected chi connectivity index (χ3v) is 2.47. The number of aryl methyl sites for hydroxylation is 1. The number of rotatable bonds is 3. The van der Waals surface area contributed by atoms with Gasteiger partial charge < -0.3 is 9.84 Å². The van der Waals surface area contributed by atoms with Crippen molar-refractivity contribution < 1.29 is 4.52 Å². The standard InChI is InChI=1S/C11H16N2O/c1-9-7-11(14-13-9)8-12-10-5-3-2-4-6-10/h3,5,7,10,12H,2,4,6,8H2,1H3. The number of aromatic nitrogens is 1. The summed E-state index contributed by atoms with van der Waals surface area (Å²) < 4.78 is 5.12. The Morgan fingerprint density at radius 2 is 2.57 bits per heavy atom. The van der Waals surface area contributed by atoms with E-state index in [0.717, 1.165) is 18.0 Å². The molecule has 1 N–H and O–H groups in total. The smallest absolute Gasteiger partial charge is 0.150 e. The van der Waals surface area contributed by atoms with Crippen molar-refractivity contribution in [2.75, 3.05) is 0 Å². The third-order valence-electron chi connectivity index (χ3n) is 2.47. The Bertz CT molecular complexity index is 317. The molecular weight excluding hydrogens is 176 g/mol. The van der Waals surface area contributed by atoms with Crippen LogP contribution in [0.2, 0.25) is 0 Å². The van der Waals surface area contributed by atoms with E-state index in [1.165, 1.54) is 19.3 Å². The van der Waals surface area contributed by atoms with E-state index in [9.17, 15) is 0 Å². The van der Waals surface area contributed by atoms with Crippen molar-refractivity contribution in [2.24, 2.45) is 0 Å². The Morgan fingerprint density at radius 1 is 1.64 bits per heavy atom. The van der Waals surface area contributed by atoms with Crippen LogP contribution in [0.5, 0.6) is 0 Å². The van der Waals surface area contributed by atoms with Gasteiger partial charge in [-0.3, -0.25) is 0 Å². The minimum Gasteiger partial charge on any atom is -0.360 e. The predicted molar refractivity (Wildman–Crippen MR) is 54.9 cm³/mol. The van der Waals surface area contributed by atoms with E-state index in [4.69, 9.17) is 4.52 Å².